The van der Waals surface area contributed by atoms with Gasteiger partial charge in [0, 0.05) is 17.9 Å². The Kier molecular flexibility index (Phi) is 3.61. The summed E-state index contributed by atoms with van der Waals surface area (Å²) < 4.78 is 13.0. The minimum Gasteiger partial charge on any atom is -0.399 e. The maximum Gasteiger partial charge on any atom is 0.127 e. The first kappa shape index (κ1) is 11.9. The lowest BCUT2D eigenvalue weighted by Crippen LogP contribution is -2.11. The monoisotopic (exact) mass is 252 g/mol. The molecule has 0 amide bonds. The van der Waals surface area contributed by atoms with Crippen molar-refractivity contribution in [3.63, 3.8) is 0 Å². The van der Waals surface area contributed by atoms with Crippen LogP contribution in [0.1, 0.15) is 11.7 Å². The average molecular weight is 252 g/mol. The van der Waals surface area contributed by atoms with E-state index < -0.39 is 11.9 Å². The molecule has 0 aliphatic carbocycles. The fraction of sp³-hybridized carbons (Fsp3) is 0.167. The molecule has 0 aliphatic heterocycles. The number of nitrogens with two attached hydrogens (primary N) is 1. The topological polar surface area (TPSA) is 58.3 Å². The third kappa shape index (κ3) is 3.18. The second-order valence-corrected chi connectivity index (χ2v) is 4.51. The molecule has 0 spiro atoms. The highest BCUT2D eigenvalue weighted by Crippen LogP contribution is 2.19. The number of benzene rings is 1. The third-order valence-corrected chi connectivity index (χ3v) is 3.05. The normalized spacial score (nSPS) is 12.4. The highest BCUT2D eigenvalue weighted by Gasteiger charge is 2.07. The molecule has 17 heavy (non-hydrogen) atoms. The summed E-state index contributed by atoms with van der Waals surface area (Å²) in [6.45, 7) is 0.319. The number of hydrogen-bond acceptors (Lipinski definition) is 4. The molecule has 0 saturated heterocycles. The molecule has 4 N–H and O–H groups in total. The lowest BCUT2D eigenvalue weighted by molar-refractivity contribution is 0.192. The van der Waals surface area contributed by atoms with Crippen LogP contribution in [-0.4, -0.2) is 11.7 Å². The van der Waals surface area contributed by atoms with Crippen molar-refractivity contribution in [3.05, 3.63) is 46.4 Å². The van der Waals surface area contributed by atoms with Crippen LogP contribution in [0.5, 0.6) is 0 Å². The molecule has 1 heterocycles. The van der Waals surface area contributed by atoms with Crippen LogP contribution in [-0.2, 0) is 0 Å². The van der Waals surface area contributed by atoms with Crippen LogP contribution in [0.2, 0.25) is 0 Å². The Hall–Kier alpha value is -1.59. The first-order valence-corrected chi connectivity index (χ1v) is 6.09. The van der Waals surface area contributed by atoms with Gasteiger partial charge in [0.15, 0.2) is 0 Å². The molecule has 0 radical (unpaired) electrons. The van der Waals surface area contributed by atoms with Gasteiger partial charge >= 0.3 is 0 Å². The zero-order valence-corrected chi connectivity index (χ0v) is 9.88. The van der Waals surface area contributed by atoms with Gasteiger partial charge in [0.05, 0.1) is 6.10 Å². The van der Waals surface area contributed by atoms with Gasteiger partial charge in [0.25, 0.3) is 0 Å². The van der Waals surface area contributed by atoms with Crippen LogP contribution in [0.25, 0.3) is 0 Å². The third-order valence-electron chi connectivity index (χ3n) is 2.35. The molecular formula is C12H13FN2OS. The summed E-state index contributed by atoms with van der Waals surface area (Å²) in [6.07, 6.45) is -0.606. The SMILES string of the molecule is Nc1cc(F)cc(NCC(O)c2ccsc2)c1. The van der Waals surface area contributed by atoms with Crippen molar-refractivity contribution in [2.24, 2.45) is 0 Å². The molecule has 2 rings (SSSR count). The Morgan fingerprint density at radius 1 is 1.41 bits per heavy atom. The molecule has 2 aromatic rings. The van der Waals surface area contributed by atoms with Gasteiger partial charge in [-0.3, -0.25) is 0 Å². The van der Waals surface area contributed by atoms with Crippen molar-refractivity contribution in [1.29, 1.82) is 0 Å². The van der Waals surface area contributed by atoms with E-state index >= 15 is 0 Å². The van der Waals surface area contributed by atoms with E-state index in [1.54, 1.807) is 6.07 Å². The van der Waals surface area contributed by atoms with E-state index in [0.29, 0.717) is 17.9 Å². The van der Waals surface area contributed by atoms with E-state index in [4.69, 9.17) is 5.73 Å². The Balaban J connectivity index is 1.98. The van der Waals surface area contributed by atoms with Gasteiger partial charge in [-0.25, -0.2) is 4.39 Å². The quantitative estimate of drug-likeness (QED) is 0.733. The number of nitrogen functional groups attached to an aromatic ring is 1. The number of aliphatic hydroxyl groups is 1. The maximum atomic E-state index is 13.0. The Bertz CT molecular complexity index is 467. The van der Waals surface area contributed by atoms with Crippen molar-refractivity contribution in [2.75, 3.05) is 17.6 Å². The van der Waals surface area contributed by atoms with Crippen molar-refractivity contribution < 1.29 is 9.50 Å². The molecule has 1 aromatic heterocycles. The van der Waals surface area contributed by atoms with E-state index in [1.165, 1.54) is 23.5 Å². The lowest BCUT2D eigenvalue weighted by atomic mass is 10.2. The molecule has 3 nitrogen and oxygen atoms in total. The van der Waals surface area contributed by atoms with Gasteiger partial charge < -0.3 is 16.2 Å². The van der Waals surface area contributed by atoms with E-state index in [0.717, 1.165) is 5.56 Å². The predicted octanol–water partition coefficient (Wildman–Crippen LogP) is 2.61. The molecular weight excluding hydrogens is 239 g/mol. The summed E-state index contributed by atoms with van der Waals surface area (Å²) in [6, 6.07) is 6.08. The van der Waals surface area contributed by atoms with Gasteiger partial charge in [0.2, 0.25) is 0 Å². The van der Waals surface area contributed by atoms with Crippen LogP contribution < -0.4 is 11.1 Å². The smallest absolute Gasteiger partial charge is 0.127 e. The summed E-state index contributed by atoms with van der Waals surface area (Å²) in [5.74, 6) is -0.391. The van der Waals surface area contributed by atoms with Gasteiger partial charge in [-0.2, -0.15) is 11.3 Å². The number of thiophene rings is 1. The maximum absolute atomic E-state index is 13.0. The minimum absolute atomic E-state index is 0.319. The van der Waals surface area contributed by atoms with Crippen LogP contribution in [0.4, 0.5) is 15.8 Å². The fourth-order valence-electron chi connectivity index (χ4n) is 1.51. The summed E-state index contributed by atoms with van der Waals surface area (Å²) >= 11 is 1.53. The van der Waals surface area contributed by atoms with Crippen molar-refractivity contribution in [3.8, 4) is 0 Å². The number of rotatable bonds is 4. The fourth-order valence-corrected chi connectivity index (χ4v) is 2.22. The Morgan fingerprint density at radius 2 is 2.24 bits per heavy atom. The number of hydrogen-bond donors (Lipinski definition) is 3. The molecule has 0 bridgehead atoms. The summed E-state index contributed by atoms with van der Waals surface area (Å²) in [7, 11) is 0. The highest BCUT2D eigenvalue weighted by atomic mass is 32.1. The van der Waals surface area contributed by atoms with Crippen LogP contribution >= 0.6 is 11.3 Å². The van der Waals surface area contributed by atoms with Gasteiger partial charge in [0.1, 0.15) is 5.82 Å². The summed E-state index contributed by atoms with van der Waals surface area (Å²) in [5.41, 5.74) is 7.30. The lowest BCUT2D eigenvalue weighted by Gasteiger charge is -2.12. The predicted molar refractivity (Wildman–Crippen MR) is 68.6 cm³/mol. The van der Waals surface area contributed by atoms with Gasteiger partial charge in [-0.1, -0.05) is 0 Å². The second-order valence-electron chi connectivity index (χ2n) is 3.73. The van der Waals surface area contributed by atoms with E-state index in [1.807, 2.05) is 16.8 Å². The highest BCUT2D eigenvalue weighted by molar-refractivity contribution is 7.07. The Morgan fingerprint density at radius 3 is 2.88 bits per heavy atom. The zero-order valence-electron chi connectivity index (χ0n) is 9.06. The van der Waals surface area contributed by atoms with Crippen molar-refractivity contribution in [1.82, 2.24) is 0 Å². The number of aliphatic hydroxyl groups excluding tert-OH is 1. The standard InChI is InChI=1S/C12H13FN2OS/c13-9-3-10(14)5-11(4-9)15-6-12(16)8-1-2-17-7-8/h1-5,7,12,15-16H,6,14H2. The number of halogens is 1. The first-order valence-electron chi connectivity index (χ1n) is 5.15. The van der Waals surface area contributed by atoms with Crippen LogP contribution in [0.3, 0.4) is 0 Å². The molecule has 0 aliphatic rings. The van der Waals surface area contributed by atoms with Crippen LogP contribution in [0, 0.1) is 5.82 Å². The molecule has 0 saturated carbocycles. The second kappa shape index (κ2) is 5.16. The molecule has 0 fully saturated rings. The first-order chi connectivity index (χ1) is 8.15. The largest absolute Gasteiger partial charge is 0.399 e. The Labute approximate surface area is 103 Å². The number of nitrogens with one attached hydrogen (secondary N) is 1. The summed E-state index contributed by atoms with van der Waals surface area (Å²) in [5, 5.41) is 16.6. The molecule has 90 valence electrons. The van der Waals surface area contributed by atoms with Gasteiger partial charge in [-0.05, 0) is 40.6 Å². The average Bonchev–Trinajstić information content (AvgIpc) is 2.78. The number of anilines is 2. The minimum atomic E-state index is -0.606. The van der Waals surface area contributed by atoms with E-state index in [2.05, 4.69) is 5.32 Å². The zero-order chi connectivity index (χ0) is 12.3. The molecule has 1 aromatic carbocycles. The molecule has 1 atom stereocenters. The van der Waals surface area contributed by atoms with E-state index in [-0.39, 0.29) is 0 Å². The summed E-state index contributed by atoms with van der Waals surface area (Å²) in [4.78, 5) is 0. The van der Waals surface area contributed by atoms with E-state index in [9.17, 15) is 9.50 Å². The molecule has 5 heteroatoms. The van der Waals surface area contributed by atoms with Crippen molar-refractivity contribution in [2.45, 2.75) is 6.10 Å². The van der Waals surface area contributed by atoms with Gasteiger partial charge in [-0.15, -0.1) is 0 Å². The van der Waals surface area contributed by atoms with Crippen LogP contribution in [0.15, 0.2) is 35.0 Å². The molecule has 1 unspecified atom stereocenters. The van der Waals surface area contributed by atoms with Crippen molar-refractivity contribution >= 4 is 22.7 Å².